The van der Waals surface area contributed by atoms with Crippen molar-refractivity contribution in [2.45, 2.75) is 18.5 Å². The maximum absolute atomic E-state index is 12.2. The van der Waals surface area contributed by atoms with Crippen LogP contribution in [0.5, 0.6) is 0 Å². The quantitative estimate of drug-likeness (QED) is 0.866. The van der Waals surface area contributed by atoms with Crippen molar-refractivity contribution in [2.75, 3.05) is 18.6 Å². The summed E-state index contributed by atoms with van der Waals surface area (Å²) < 4.78 is 22.9. The van der Waals surface area contributed by atoms with Gasteiger partial charge >= 0.3 is 0 Å². The molecule has 1 aliphatic rings. The van der Waals surface area contributed by atoms with Gasteiger partial charge in [0, 0.05) is 13.1 Å². The molecule has 0 radical (unpaired) electrons. The molecule has 1 heterocycles. The van der Waals surface area contributed by atoms with E-state index < -0.39 is 15.9 Å². The van der Waals surface area contributed by atoms with E-state index in [0.717, 1.165) is 5.56 Å². The van der Waals surface area contributed by atoms with Gasteiger partial charge in [-0.1, -0.05) is 30.3 Å². The average molecular weight is 282 g/mol. The van der Waals surface area contributed by atoms with Crippen LogP contribution in [0.1, 0.15) is 18.0 Å². The molecule has 19 heavy (non-hydrogen) atoms. The normalized spacial score (nSPS) is 22.9. The number of hydrogen-bond donors (Lipinski definition) is 1. The summed E-state index contributed by atoms with van der Waals surface area (Å²) in [5.41, 5.74) is 6.67. The summed E-state index contributed by atoms with van der Waals surface area (Å²) in [4.78, 5) is 13.7. The Hall–Kier alpha value is -1.40. The van der Waals surface area contributed by atoms with Crippen LogP contribution in [0.25, 0.3) is 0 Å². The summed E-state index contributed by atoms with van der Waals surface area (Å²) in [6.07, 6.45) is 0.492. The highest BCUT2D eigenvalue weighted by molar-refractivity contribution is 7.91. The number of nitrogens with two attached hydrogens (primary N) is 1. The molecule has 0 aromatic heterocycles. The molecule has 6 heteroatoms. The van der Waals surface area contributed by atoms with E-state index in [1.54, 1.807) is 19.2 Å². The highest BCUT2D eigenvalue weighted by Crippen LogP contribution is 2.20. The molecule has 1 aromatic rings. The van der Waals surface area contributed by atoms with Gasteiger partial charge in [0.1, 0.15) is 6.04 Å². The summed E-state index contributed by atoms with van der Waals surface area (Å²) in [6, 6.07) is 8.09. The number of amides is 1. The van der Waals surface area contributed by atoms with Crippen molar-refractivity contribution >= 4 is 15.7 Å². The fraction of sp³-hybridized carbons (Fsp3) is 0.462. The van der Waals surface area contributed by atoms with E-state index in [2.05, 4.69) is 0 Å². The molecule has 1 saturated heterocycles. The molecule has 1 amide bonds. The zero-order chi connectivity index (χ0) is 14.0. The molecule has 104 valence electrons. The molecule has 1 aliphatic heterocycles. The van der Waals surface area contributed by atoms with Crippen molar-refractivity contribution < 1.29 is 13.2 Å². The zero-order valence-electron chi connectivity index (χ0n) is 10.8. The lowest BCUT2D eigenvalue weighted by Crippen LogP contribution is -2.42. The second-order valence-electron chi connectivity index (χ2n) is 4.89. The van der Waals surface area contributed by atoms with Gasteiger partial charge in [-0.2, -0.15) is 0 Å². The SMILES string of the molecule is CN(C(=O)[C@H](N)c1ccccc1)C1CCS(=O)(=O)C1. The Labute approximate surface area is 113 Å². The van der Waals surface area contributed by atoms with Crippen LogP contribution in [0, 0.1) is 0 Å². The Balaban J connectivity index is 2.08. The number of hydrogen-bond acceptors (Lipinski definition) is 4. The minimum Gasteiger partial charge on any atom is -0.340 e. The Kier molecular flexibility index (Phi) is 3.91. The van der Waals surface area contributed by atoms with Crippen molar-refractivity contribution in [3.63, 3.8) is 0 Å². The first-order chi connectivity index (χ1) is 8.91. The lowest BCUT2D eigenvalue weighted by Gasteiger charge is -2.26. The van der Waals surface area contributed by atoms with Gasteiger partial charge < -0.3 is 10.6 Å². The Morgan fingerprint density at radius 2 is 2.00 bits per heavy atom. The van der Waals surface area contributed by atoms with Crippen LogP contribution < -0.4 is 5.73 Å². The molecular weight excluding hydrogens is 264 g/mol. The summed E-state index contributed by atoms with van der Waals surface area (Å²) >= 11 is 0. The van der Waals surface area contributed by atoms with Gasteiger partial charge in [0.05, 0.1) is 11.5 Å². The van der Waals surface area contributed by atoms with Crippen LogP contribution >= 0.6 is 0 Å². The number of rotatable bonds is 3. The van der Waals surface area contributed by atoms with Gasteiger partial charge in [-0.15, -0.1) is 0 Å². The predicted molar refractivity (Wildman–Crippen MR) is 73.2 cm³/mol. The highest BCUT2D eigenvalue weighted by Gasteiger charge is 2.34. The van der Waals surface area contributed by atoms with Gasteiger partial charge in [0.25, 0.3) is 0 Å². The monoisotopic (exact) mass is 282 g/mol. The Morgan fingerprint density at radius 1 is 1.37 bits per heavy atom. The molecule has 1 fully saturated rings. The second-order valence-corrected chi connectivity index (χ2v) is 7.12. The van der Waals surface area contributed by atoms with Crippen LogP contribution in [-0.4, -0.2) is 43.8 Å². The molecule has 0 aliphatic carbocycles. The van der Waals surface area contributed by atoms with E-state index >= 15 is 0 Å². The van der Waals surface area contributed by atoms with Crippen LogP contribution in [0.4, 0.5) is 0 Å². The van der Waals surface area contributed by atoms with E-state index in [4.69, 9.17) is 5.73 Å². The average Bonchev–Trinajstić information content (AvgIpc) is 2.77. The molecule has 2 rings (SSSR count). The third kappa shape index (κ3) is 3.13. The van der Waals surface area contributed by atoms with Gasteiger partial charge in [0.2, 0.25) is 5.91 Å². The van der Waals surface area contributed by atoms with Crippen LogP contribution in [0.2, 0.25) is 0 Å². The lowest BCUT2D eigenvalue weighted by molar-refractivity contribution is -0.133. The number of carbonyl (C=O) groups is 1. The Bertz CT molecular complexity index is 557. The summed E-state index contributed by atoms with van der Waals surface area (Å²) in [6.45, 7) is 0. The van der Waals surface area contributed by atoms with Gasteiger partial charge in [-0.3, -0.25) is 4.79 Å². The number of likely N-dealkylation sites (N-methyl/N-ethyl adjacent to an activating group) is 1. The highest BCUT2D eigenvalue weighted by atomic mass is 32.2. The maximum Gasteiger partial charge on any atom is 0.244 e. The van der Waals surface area contributed by atoms with E-state index in [9.17, 15) is 13.2 Å². The first kappa shape index (κ1) is 14.0. The van der Waals surface area contributed by atoms with Crippen molar-refractivity contribution in [2.24, 2.45) is 5.73 Å². The number of carbonyl (C=O) groups excluding carboxylic acids is 1. The molecular formula is C13H18N2O3S. The number of sulfone groups is 1. The van der Waals surface area contributed by atoms with Crippen LogP contribution in [-0.2, 0) is 14.6 Å². The summed E-state index contributed by atoms with van der Waals surface area (Å²) in [7, 11) is -1.38. The topological polar surface area (TPSA) is 80.5 Å². The van der Waals surface area contributed by atoms with E-state index in [0.29, 0.717) is 6.42 Å². The number of benzene rings is 1. The minimum atomic E-state index is -3.00. The van der Waals surface area contributed by atoms with Crippen molar-refractivity contribution in [3.05, 3.63) is 35.9 Å². The van der Waals surface area contributed by atoms with E-state index in [-0.39, 0.29) is 23.5 Å². The molecule has 0 saturated carbocycles. The number of nitrogens with zero attached hydrogens (tertiary/aromatic N) is 1. The molecule has 2 atom stereocenters. The standard InChI is InChI=1S/C13H18N2O3S/c1-15(11-7-8-19(17,18)9-11)13(16)12(14)10-5-3-2-4-6-10/h2-6,11-12H,7-9,14H2,1H3/t11?,12-/m1/s1. The molecule has 1 unspecified atom stereocenters. The van der Waals surface area contributed by atoms with Gasteiger partial charge in [0.15, 0.2) is 9.84 Å². The fourth-order valence-electron chi connectivity index (χ4n) is 2.28. The van der Waals surface area contributed by atoms with E-state index in [1.807, 2.05) is 18.2 Å². The molecule has 0 bridgehead atoms. The molecule has 0 spiro atoms. The smallest absolute Gasteiger partial charge is 0.244 e. The van der Waals surface area contributed by atoms with Crippen molar-refractivity contribution in [3.8, 4) is 0 Å². The largest absolute Gasteiger partial charge is 0.340 e. The zero-order valence-corrected chi connectivity index (χ0v) is 11.6. The third-order valence-electron chi connectivity index (χ3n) is 3.53. The van der Waals surface area contributed by atoms with Gasteiger partial charge in [-0.05, 0) is 12.0 Å². The molecule has 1 aromatic carbocycles. The van der Waals surface area contributed by atoms with Crippen molar-refractivity contribution in [1.82, 2.24) is 4.90 Å². The van der Waals surface area contributed by atoms with Crippen LogP contribution in [0.15, 0.2) is 30.3 Å². The molecule has 2 N–H and O–H groups in total. The minimum absolute atomic E-state index is 0.0384. The summed E-state index contributed by atoms with van der Waals surface area (Å²) in [5, 5.41) is 0. The Morgan fingerprint density at radius 3 is 2.53 bits per heavy atom. The first-order valence-corrected chi connectivity index (χ1v) is 8.00. The summed E-state index contributed by atoms with van der Waals surface area (Å²) in [5.74, 6) is -0.0552. The lowest BCUT2D eigenvalue weighted by atomic mass is 10.1. The molecule has 5 nitrogen and oxygen atoms in total. The van der Waals surface area contributed by atoms with Gasteiger partial charge in [-0.25, -0.2) is 8.42 Å². The van der Waals surface area contributed by atoms with Crippen LogP contribution in [0.3, 0.4) is 0 Å². The maximum atomic E-state index is 12.2. The fourth-order valence-corrected chi connectivity index (χ4v) is 4.06. The second kappa shape index (κ2) is 5.30. The predicted octanol–water partition coefficient (Wildman–Crippen LogP) is 0.332. The third-order valence-corrected chi connectivity index (χ3v) is 5.28. The van der Waals surface area contributed by atoms with E-state index in [1.165, 1.54) is 4.90 Å². The first-order valence-electron chi connectivity index (χ1n) is 6.18. The van der Waals surface area contributed by atoms with Crippen molar-refractivity contribution in [1.29, 1.82) is 0 Å².